The third-order valence-corrected chi connectivity index (χ3v) is 7.10. The molecule has 0 bridgehead atoms. The average Bonchev–Trinajstić information content (AvgIpc) is 2.77. The molecular formula is C24H32N2O4S. The minimum atomic E-state index is -3.54. The smallest absolute Gasteiger partial charge is 0.260 e. The molecule has 2 aromatic carbocycles. The number of sulfonamides is 1. The lowest BCUT2D eigenvalue weighted by molar-refractivity contribution is -0.134. The van der Waals surface area contributed by atoms with E-state index in [4.69, 9.17) is 4.74 Å². The zero-order chi connectivity index (χ0) is 22.5. The van der Waals surface area contributed by atoms with Gasteiger partial charge >= 0.3 is 0 Å². The van der Waals surface area contributed by atoms with Crippen molar-refractivity contribution < 1.29 is 17.9 Å². The van der Waals surface area contributed by atoms with Gasteiger partial charge in [0.15, 0.2) is 6.61 Å². The van der Waals surface area contributed by atoms with Crippen molar-refractivity contribution in [1.82, 2.24) is 9.62 Å². The second-order valence-electron chi connectivity index (χ2n) is 9.05. The maximum atomic E-state index is 12.6. The molecule has 1 amide bonds. The fourth-order valence-electron chi connectivity index (χ4n) is 3.58. The number of amides is 1. The highest BCUT2D eigenvalue weighted by Crippen LogP contribution is 2.24. The Bertz CT molecular complexity index is 959. The number of carbonyl (C=O) groups excluding carboxylic acids is 1. The van der Waals surface area contributed by atoms with Crippen LogP contribution in [0, 0.1) is 5.92 Å². The summed E-state index contributed by atoms with van der Waals surface area (Å²) in [6.07, 6.45) is 1.53. The molecule has 31 heavy (non-hydrogen) atoms. The van der Waals surface area contributed by atoms with Crippen LogP contribution in [0.25, 0.3) is 0 Å². The lowest BCUT2D eigenvalue weighted by atomic mass is 9.87. The van der Waals surface area contributed by atoms with Gasteiger partial charge in [-0.05, 0) is 54.0 Å². The second-order valence-corrected chi connectivity index (χ2v) is 10.8. The second kappa shape index (κ2) is 9.83. The Hall–Kier alpha value is -2.38. The Morgan fingerprint density at radius 3 is 2.23 bits per heavy atom. The highest BCUT2D eigenvalue weighted by molar-refractivity contribution is 7.89. The molecule has 0 aromatic heterocycles. The van der Waals surface area contributed by atoms with E-state index in [0.717, 1.165) is 18.4 Å². The summed E-state index contributed by atoms with van der Waals surface area (Å²) in [6.45, 7) is 7.92. The van der Waals surface area contributed by atoms with E-state index < -0.39 is 10.0 Å². The first kappa shape index (κ1) is 23.3. The van der Waals surface area contributed by atoms with E-state index in [9.17, 15) is 13.2 Å². The molecular weight excluding hydrogens is 412 g/mol. The molecule has 168 valence electrons. The molecule has 6 nitrogen and oxygen atoms in total. The first-order valence-corrected chi connectivity index (χ1v) is 12.2. The van der Waals surface area contributed by atoms with Crippen LogP contribution in [0.3, 0.4) is 0 Å². The lowest BCUT2D eigenvalue weighted by Gasteiger charge is -2.32. The fraction of sp³-hybridized carbons (Fsp3) is 0.458. The van der Waals surface area contributed by atoms with Crippen LogP contribution in [0.4, 0.5) is 0 Å². The topological polar surface area (TPSA) is 75.7 Å². The third kappa shape index (κ3) is 6.55. The zero-order valence-electron chi connectivity index (χ0n) is 18.5. The summed E-state index contributed by atoms with van der Waals surface area (Å²) >= 11 is 0. The van der Waals surface area contributed by atoms with Crippen molar-refractivity contribution in [1.29, 1.82) is 0 Å². The Morgan fingerprint density at radius 2 is 1.65 bits per heavy atom. The first-order valence-electron chi connectivity index (χ1n) is 10.7. The van der Waals surface area contributed by atoms with Gasteiger partial charge < -0.3 is 9.64 Å². The van der Waals surface area contributed by atoms with Crippen LogP contribution in [0.1, 0.15) is 39.2 Å². The number of hydrogen-bond donors (Lipinski definition) is 1. The number of hydrogen-bond acceptors (Lipinski definition) is 4. The maximum absolute atomic E-state index is 12.6. The third-order valence-electron chi connectivity index (χ3n) is 5.67. The van der Waals surface area contributed by atoms with Gasteiger partial charge in [0.05, 0.1) is 4.90 Å². The molecule has 0 aliphatic carbocycles. The van der Waals surface area contributed by atoms with E-state index in [0.29, 0.717) is 25.4 Å². The Morgan fingerprint density at radius 1 is 1.03 bits per heavy atom. The van der Waals surface area contributed by atoms with Crippen LogP contribution in [0.2, 0.25) is 0 Å². The van der Waals surface area contributed by atoms with Crippen LogP contribution >= 0.6 is 0 Å². The molecule has 7 heteroatoms. The van der Waals surface area contributed by atoms with Gasteiger partial charge in [0.1, 0.15) is 5.75 Å². The standard InChI is InChI=1S/C24H32N2O4S/c1-24(2,3)20-9-11-22(12-10-20)31(28,29)25-17-19-13-15-26(16-14-19)23(27)18-30-21-7-5-4-6-8-21/h4-12,19,25H,13-18H2,1-3H3. The van der Waals surface area contributed by atoms with Crippen LogP contribution < -0.4 is 9.46 Å². The molecule has 0 radical (unpaired) electrons. The summed E-state index contributed by atoms with van der Waals surface area (Å²) in [7, 11) is -3.54. The number of benzene rings is 2. The number of likely N-dealkylation sites (tertiary alicyclic amines) is 1. The predicted octanol–water partition coefficient (Wildman–Crippen LogP) is 3.58. The van der Waals surface area contributed by atoms with E-state index in [1.807, 2.05) is 42.5 Å². The SMILES string of the molecule is CC(C)(C)c1ccc(S(=O)(=O)NCC2CCN(C(=O)COc3ccccc3)CC2)cc1. The summed E-state index contributed by atoms with van der Waals surface area (Å²) in [5, 5.41) is 0. The molecule has 1 aliphatic heterocycles. The van der Waals surface area contributed by atoms with Crippen molar-refractivity contribution in [2.24, 2.45) is 5.92 Å². The molecule has 0 spiro atoms. The summed E-state index contributed by atoms with van der Waals surface area (Å²) in [5.41, 5.74) is 1.08. The maximum Gasteiger partial charge on any atom is 0.260 e. The molecule has 0 atom stereocenters. The van der Waals surface area contributed by atoms with Gasteiger partial charge in [0.25, 0.3) is 5.91 Å². The number of rotatable bonds is 7. The molecule has 0 saturated carbocycles. The number of nitrogens with zero attached hydrogens (tertiary/aromatic N) is 1. The lowest BCUT2D eigenvalue weighted by Crippen LogP contribution is -2.43. The number of ether oxygens (including phenoxy) is 1. The fourth-order valence-corrected chi connectivity index (χ4v) is 4.70. The van der Waals surface area contributed by atoms with E-state index >= 15 is 0 Å². The van der Waals surface area contributed by atoms with Crippen molar-refractivity contribution in [2.45, 2.75) is 43.9 Å². The first-order chi connectivity index (χ1) is 14.6. The number of nitrogens with one attached hydrogen (secondary N) is 1. The van der Waals surface area contributed by atoms with Crippen LogP contribution in [0.15, 0.2) is 59.5 Å². The van der Waals surface area contributed by atoms with Gasteiger partial charge in [-0.2, -0.15) is 0 Å². The van der Waals surface area contributed by atoms with Crippen molar-refractivity contribution in [3.05, 3.63) is 60.2 Å². The quantitative estimate of drug-likeness (QED) is 0.708. The van der Waals surface area contributed by atoms with Crippen molar-refractivity contribution >= 4 is 15.9 Å². The Balaban J connectivity index is 1.44. The summed E-state index contributed by atoms with van der Waals surface area (Å²) in [6, 6.07) is 16.3. The molecule has 1 saturated heterocycles. The average molecular weight is 445 g/mol. The molecule has 1 heterocycles. The van der Waals surface area contributed by atoms with E-state index in [1.165, 1.54) is 0 Å². The van der Waals surface area contributed by atoms with E-state index in [2.05, 4.69) is 25.5 Å². The van der Waals surface area contributed by atoms with Gasteiger partial charge in [0, 0.05) is 19.6 Å². The number of para-hydroxylation sites is 1. The molecule has 3 rings (SSSR count). The van der Waals surface area contributed by atoms with Crippen molar-refractivity contribution in [3.8, 4) is 5.75 Å². The monoisotopic (exact) mass is 444 g/mol. The van der Waals surface area contributed by atoms with Gasteiger partial charge in [-0.1, -0.05) is 51.1 Å². The molecule has 1 fully saturated rings. The highest BCUT2D eigenvalue weighted by atomic mass is 32.2. The minimum absolute atomic E-state index is 0.0197. The Labute approximate surface area is 185 Å². The van der Waals surface area contributed by atoms with E-state index in [1.54, 1.807) is 17.0 Å². The zero-order valence-corrected chi connectivity index (χ0v) is 19.3. The van der Waals surface area contributed by atoms with Crippen LogP contribution in [0.5, 0.6) is 5.75 Å². The normalized spacial score (nSPS) is 15.6. The van der Waals surface area contributed by atoms with Crippen LogP contribution in [-0.2, 0) is 20.2 Å². The molecule has 1 N–H and O–H groups in total. The molecule has 1 aliphatic rings. The predicted molar refractivity (Wildman–Crippen MR) is 122 cm³/mol. The largest absolute Gasteiger partial charge is 0.484 e. The van der Waals surface area contributed by atoms with Crippen LogP contribution in [-0.4, -0.2) is 45.5 Å². The summed E-state index contributed by atoms with van der Waals surface area (Å²) < 4.78 is 33.5. The molecule has 0 unspecified atom stereocenters. The van der Waals surface area contributed by atoms with Crippen molar-refractivity contribution in [2.75, 3.05) is 26.2 Å². The number of piperidine rings is 1. The van der Waals surface area contributed by atoms with Crippen molar-refractivity contribution in [3.63, 3.8) is 0 Å². The summed E-state index contributed by atoms with van der Waals surface area (Å²) in [4.78, 5) is 14.4. The van der Waals surface area contributed by atoms with Gasteiger partial charge in [-0.25, -0.2) is 13.1 Å². The Kier molecular flexibility index (Phi) is 7.38. The number of carbonyl (C=O) groups is 1. The minimum Gasteiger partial charge on any atom is -0.484 e. The summed E-state index contributed by atoms with van der Waals surface area (Å²) in [5.74, 6) is 0.847. The van der Waals surface area contributed by atoms with Gasteiger partial charge in [0.2, 0.25) is 10.0 Å². The van der Waals surface area contributed by atoms with Gasteiger partial charge in [-0.3, -0.25) is 4.79 Å². The van der Waals surface area contributed by atoms with E-state index in [-0.39, 0.29) is 28.7 Å². The highest BCUT2D eigenvalue weighted by Gasteiger charge is 2.25. The van der Waals surface area contributed by atoms with Gasteiger partial charge in [-0.15, -0.1) is 0 Å². The molecule has 2 aromatic rings.